The Labute approximate surface area is 115 Å². The summed E-state index contributed by atoms with van der Waals surface area (Å²) in [6.45, 7) is 9.76. The van der Waals surface area contributed by atoms with E-state index in [0.717, 1.165) is 25.5 Å². The molecule has 19 heavy (non-hydrogen) atoms. The van der Waals surface area contributed by atoms with Crippen LogP contribution in [0, 0.1) is 0 Å². The lowest BCUT2D eigenvalue weighted by Crippen LogP contribution is -2.50. The molecular weight excluding hydrogens is 242 g/mol. The van der Waals surface area contributed by atoms with E-state index >= 15 is 0 Å². The summed E-state index contributed by atoms with van der Waals surface area (Å²) in [4.78, 5) is 6.66. The van der Waals surface area contributed by atoms with Gasteiger partial charge in [-0.15, -0.1) is 0 Å². The smallest absolute Gasteiger partial charge is 0.111 e. The average molecular weight is 267 g/mol. The van der Waals surface area contributed by atoms with E-state index in [2.05, 4.69) is 35.2 Å². The molecule has 1 aliphatic rings. The first kappa shape index (κ1) is 14.5. The van der Waals surface area contributed by atoms with Crippen molar-refractivity contribution < 1.29 is 9.84 Å². The molecule has 108 valence electrons. The lowest BCUT2D eigenvalue weighted by atomic mass is 10.1. The van der Waals surface area contributed by atoms with E-state index in [0.29, 0.717) is 19.1 Å². The van der Waals surface area contributed by atoms with Crippen molar-refractivity contribution in [1.82, 2.24) is 14.5 Å². The standard InChI is InChI=1S/C14H25N3O2/c1-4-16-6-5-15-14(16)9-12(18)13-10-17(11(2)3)7-8-19-13/h5-6,11-13,18H,4,7-10H2,1-3H3. The molecule has 0 bridgehead atoms. The number of aromatic nitrogens is 2. The highest BCUT2D eigenvalue weighted by molar-refractivity contribution is 4.96. The fourth-order valence-electron chi connectivity index (χ4n) is 2.53. The fraction of sp³-hybridized carbons (Fsp3) is 0.786. The molecule has 1 N–H and O–H groups in total. The third-order valence-corrected chi connectivity index (χ3v) is 3.82. The van der Waals surface area contributed by atoms with E-state index < -0.39 is 6.10 Å². The number of aliphatic hydroxyl groups is 1. The molecular formula is C14H25N3O2. The van der Waals surface area contributed by atoms with Crippen molar-refractivity contribution in [3.8, 4) is 0 Å². The number of ether oxygens (including phenoxy) is 1. The molecule has 1 aromatic heterocycles. The van der Waals surface area contributed by atoms with Crippen LogP contribution in [0.25, 0.3) is 0 Å². The Morgan fingerprint density at radius 1 is 1.53 bits per heavy atom. The van der Waals surface area contributed by atoms with Crippen LogP contribution in [0.4, 0.5) is 0 Å². The van der Waals surface area contributed by atoms with Gasteiger partial charge in [-0.3, -0.25) is 4.90 Å². The summed E-state index contributed by atoms with van der Waals surface area (Å²) >= 11 is 0. The molecule has 1 fully saturated rings. The monoisotopic (exact) mass is 267 g/mol. The van der Waals surface area contributed by atoms with Gasteiger partial charge in [0.25, 0.3) is 0 Å². The SMILES string of the molecule is CCn1ccnc1CC(O)C1CN(C(C)C)CCO1. The van der Waals surface area contributed by atoms with Gasteiger partial charge in [0.1, 0.15) is 5.82 Å². The highest BCUT2D eigenvalue weighted by atomic mass is 16.5. The summed E-state index contributed by atoms with van der Waals surface area (Å²) < 4.78 is 7.78. The van der Waals surface area contributed by atoms with Crippen molar-refractivity contribution in [1.29, 1.82) is 0 Å². The van der Waals surface area contributed by atoms with E-state index in [9.17, 15) is 5.11 Å². The summed E-state index contributed by atoms with van der Waals surface area (Å²) in [6, 6.07) is 0.497. The third-order valence-electron chi connectivity index (χ3n) is 3.82. The largest absolute Gasteiger partial charge is 0.390 e. The molecule has 0 spiro atoms. The van der Waals surface area contributed by atoms with Crippen molar-refractivity contribution in [3.63, 3.8) is 0 Å². The molecule has 0 saturated carbocycles. The Kier molecular flexibility index (Phi) is 4.96. The first-order valence-corrected chi connectivity index (χ1v) is 7.15. The van der Waals surface area contributed by atoms with Crippen molar-refractivity contribution in [2.45, 2.75) is 52.0 Å². The lowest BCUT2D eigenvalue weighted by molar-refractivity contribution is -0.0946. The van der Waals surface area contributed by atoms with Gasteiger partial charge in [0.2, 0.25) is 0 Å². The Morgan fingerprint density at radius 3 is 3.00 bits per heavy atom. The second-order valence-corrected chi connectivity index (χ2v) is 5.40. The second-order valence-electron chi connectivity index (χ2n) is 5.40. The number of nitrogens with zero attached hydrogens (tertiary/aromatic N) is 3. The lowest BCUT2D eigenvalue weighted by Gasteiger charge is -2.37. The number of hydrogen-bond donors (Lipinski definition) is 1. The molecule has 2 atom stereocenters. The molecule has 2 rings (SSSR count). The normalized spacial score (nSPS) is 22.9. The van der Waals surface area contributed by atoms with Gasteiger partial charge in [-0.05, 0) is 20.8 Å². The van der Waals surface area contributed by atoms with Crippen LogP contribution in [0.15, 0.2) is 12.4 Å². The zero-order valence-electron chi connectivity index (χ0n) is 12.1. The Bertz CT molecular complexity index is 392. The van der Waals surface area contributed by atoms with Gasteiger partial charge >= 0.3 is 0 Å². The van der Waals surface area contributed by atoms with E-state index in [1.807, 2.05) is 6.20 Å². The summed E-state index contributed by atoms with van der Waals surface area (Å²) in [5.74, 6) is 0.931. The number of morpholine rings is 1. The maximum Gasteiger partial charge on any atom is 0.111 e. The zero-order valence-corrected chi connectivity index (χ0v) is 12.1. The Morgan fingerprint density at radius 2 is 2.32 bits per heavy atom. The Balaban J connectivity index is 1.94. The number of aliphatic hydroxyl groups excluding tert-OH is 1. The first-order valence-electron chi connectivity index (χ1n) is 7.15. The molecule has 2 unspecified atom stereocenters. The van der Waals surface area contributed by atoms with Crippen LogP contribution in [-0.4, -0.2) is 57.5 Å². The van der Waals surface area contributed by atoms with Crippen LogP contribution in [0.1, 0.15) is 26.6 Å². The minimum atomic E-state index is -0.491. The molecule has 0 aromatic carbocycles. The number of aryl methyl sites for hydroxylation is 1. The molecule has 0 aliphatic carbocycles. The number of rotatable bonds is 5. The van der Waals surface area contributed by atoms with Crippen LogP contribution < -0.4 is 0 Å². The summed E-state index contributed by atoms with van der Waals surface area (Å²) in [5.41, 5.74) is 0. The van der Waals surface area contributed by atoms with E-state index in [4.69, 9.17) is 4.74 Å². The zero-order chi connectivity index (χ0) is 13.8. The fourth-order valence-corrected chi connectivity index (χ4v) is 2.53. The van der Waals surface area contributed by atoms with Crippen molar-refractivity contribution >= 4 is 0 Å². The number of imidazole rings is 1. The van der Waals surface area contributed by atoms with E-state index in [1.165, 1.54) is 0 Å². The van der Waals surface area contributed by atoms with Gasteiger partial charge in [0.05, 0.1) is 18.8 Å². The quantitative estimate of drug-likeness (QED) is 0.862. The topological polar surface area (TPSA) is 50.5 Å². The van der Waals surface area contributed by atoms with Crippen molar-refractivity contribution in [3.05, 3.63) is 18.2 Å². The van der Waals surface area contributed by atoms with Gasteiger partial charge in [-0.2, -0.15) is 0 Å². The second kappa shape index (κ2) is 6.50. The average Bonchev–Trinajstić information content (AvgIpc) is 2.86. The van der Waals surface area contributed by atoms with E-state index in [-0.39, 0.29) is 6.10 Å². The highest BCUT2D eigenvalue weighted by Crippen LogP contribution is 2.14. The van der Waals surface area contributed by atoms with Crippen molar-refractivity contribution in [2.75, 3.05) is 19.7 Å². The van der Waals surface area contributed by atoms with Crippen LogP contribution in [0.3, 0.4) is 0 Å². The molecule has 1 aliphatic heterocycles. The third kappa shape index (κ3) is 3.55. The molecule has 1 saturated heterocycles. The molecule has 5 heteroatoms. The minimum Gasteiger partial charge on any atom is -0.390 e. The van der Waals surface area contributed by atoms with Crippen LogP contribution in [-0.2, 0) is 17.7 Å². The van der Waals surface area contributed by atoms with Gasteiger partial charge < -0.3 is 14.4 Å². The molecule has 0 amide bonds. The Hall–Kier alpha value is -0.910. The first-order chi connectivity index (χ1) is 9.11. The maximum atomic E-state index is 10.4. The van der Waals surface area contributed by atoms with Crippen LogP contribution >= 0.6 is 0 Å². The predicted octanol–water partition coefficient (Wildman–Crippen LogP) is 0.916. The minimum absolute atomic E-state index is 0.113. The summed E-state index contributed by atoms with van der Waals surface area (Å²) in [7, 11) is 0. The predicted molar refractivity (Wildman–Crippen MR) is 74.1 cm³/mol. The summed E-state index contributed by atoms with van der Waals surface area (Å²) in [5, 5.41) is 10.4. The van der Waals surface area contributed by atoms with Crippen molar-refractivity contribution in [2.24, 2.45) is 0 Å². The van der Waals surface area contributed by atoms with Gasteiger partial charge in [-0.1, -0.05) is 0 Å². The van der Waals surface area contributed by atoms with Crippen LogP contribution in [0.2, 0.25) is 0 Å². The summed E-state index contributed by atoms with van der Waals surface area (Å²) in [6.07, 6.45) is 3.68. The molecule has 1 aromatic rings. The van der Waals surface area contributed by atoms with E-state index in [1.54, 1.807) is 6.20 Å². The highest BCUT2D eigenvalue weighted by Gasteiger charge is 2.28. The molecule has 5 nitrogen and oxygen atoms in total. The molecule has 2 heterocycles. The maximum absolute atomic E-state index is 10.4. The molecule has 0 radical (unpaired) electrons. The number of hydrogen-bond acceptors (Lipinski definition) is 4. The van der Waals surface area contributed by atoms with Gasteiger partial charge in [0.15, 0.2) is 0 Å². The van der Waals surface area contributed by atoms with Crippen LogP contribution in [0.5, 0.6) is 0 Å². The van der Waals surface area contributed by atoms with Gasteiger partial charge in [0, 0.05) is 44.5 Å². The van der Waals surface area contributed by atoms with Gasteiger partial charge in [-0.25, -0.2) is 4.98 Å².